The van der Waals surface area contributed by atoms with E-state index in [0.29, 0.717) is 11.0 Å². The maximum Gasteiger partial charge on any atom is 0.576 e. The Balaban J connectivity index is 3.13. The predicted molar refractivity (Wildman–Crippen MR) is 70.8 cm³/mol. The van der Waals surface area contributed by atoms with Gasteiger partial charge < -0.3 is 18.9 Å². The summed E-state index contributed by atoms with van der Waals surface area (Å²) >= 11 is 0. The number of rotatable bonds is 6. The Bertz CT molecular complexity index is 573. The molecule has 0 atom stereocenters. The van der Waals surface area contributed by atoms with E-state index in [1.54, 1.807) is 0 Å². The monoisotopic (exact) mass is 377 g/mol. The quantitative estimate of drug-likeness (QED) is 0.559. The van der Waals surface area contributed by atoms with E-state index in [-0.39, 0.29) is 5.69 Å². The van der Waals surface area contributed by atoms with Crippen molar-refractivity contribution in [3.63, 3.8) is 0 Å². The zero-order chi connectivity index (χ0) is 19.3. The van der Waals surface area contributed by atoms with Gasteiger partial charge in [0.2, 0.25) is 0 Å². The Labute approximate surface area is 137 Å². The summed E-state index contributed by atoms with van der Waals surface area (Å²) in [7, 11) is 2.31. The fourth-order valence-electron chi connectivity index (χ4n) is 1.68. The molecule has 0 spiro atoms. The molecule has 12 heteroatoms. The lowest BCUT2D eigenvalue weighted by Gasteiger charge is -2.26. The minimum Gasteiger partial charge on any atom is -0.406 e. The van der Waals surface area contributed by atoms with Crippen LogP contribution in [0.25, 0.3) is 0 Å². The summed E-state index contributed by atoms with van der Waals surface area (Å²) in [5.74, 6) is -0.735. The van der Waals surface area contributed by atoms with Crippen molar-refractivity contribution in [2.24, 2.45) is 0 Å². The summed E-state index contributed by atoms with van der Waals surface area (Å²) in [5, 5.41) is 0. The van der Waals surface area contributed by atoms with E-state index in [2.05, 4.69) is 9.47 Å². The van der Waals surface area contributed by atoms with Crippen molar-refractivity contribution in [3.8, 4) is 5.75 Å². The third-order valence-electron chi connectivity index (χ3n) is 2.64. The van der Waals surface area contributed by atoms with Crippen LogP contribution >= 0.6 is 0 Å². The number of carbonyl (C=O) groups is 1. The number of amides is 1. The minimum atomic E-state index is -5.29. The molecular formula is C13H13F6NO5. The van der Waals surface area contributed by atoms with Gasteiger partial charge in [-0.3, -0.25) is 4.90 Å². The van der Waals surface area contributed by atoms with E-state index in [4.69, 9.17) is 9.47 Å². The van der Waals surface area contributed by atoms with Gasteiger partial charge in [-0.25, -0.2) is 4.79 Å². The highest BCUT2D eigenvalue weighted by molar-refractivity contribution is 5.88. The fourth-order valence-corrected chi connectivity index (χ4v) is 1.68. The van der Waals surface area contributed by atoms with Crippen molar-refractivity contribution in [1.29, 1.82) is 0 Å². The first-order valence-electron chi connectivity index (χ1n) is 6.44. The number of anilines is 1. The highest BCUT2D eigenvalue weighted by Gasteiger charge is 2.37. The number of benzene rings is 1. The second-order valence-electron chi connectivity index (χ2n) is 4.37. The molecule has 0 heterocycles. The van der Waals surface area contributed by atoms with Gasteiger partial charge in [0, 0.05) is 20.3 Å². The lowest BCUT2D eigenvalue weighted by atomic mass is 10.2. The number of carbonyl (C=O) groups excluding carboxylic acids is 1. The van der Waals surface area contributed by atoms with Gasteiger partial charge in [0.05, 0.1) is 12.2 Å². The first-order valence-corrected chi connectivity index (χ1v) is 6.44. The minimum absolute atomic E-state index is 0.352. The third kappa shape index (κ3) is 7.47. The van der Waals surface area contributed by atoms with Gasteiger partial charge in [-0.1, -0.05) is 6.07 Å². The van der Waals surface area contributed by atoms with Crippen molar-refractivity contribution >= 4 is 11.8 Å². The molecule has 25 heavy (non-hydrogen) atoms. The SMILES string of the molecule is COC(CN(C(=O)OC(F)(F)F)c1cccc(OC(F)(F)F)c1)OC. The van der Waals surface area contributed by atoms with Gasteiger partial charge in [-0.2, -0.15) is 0 Å². The lowest BCUT2D eigenvalue weighted by Crippen LogP contribution is -2.41. The van der Waals surface area contributed by atoms with Crippen molar-refractivity contribution in [1.82, 2.24) is 0 Å². The molecule has 0 fully saturated rings. The highest BCUT2D eigenvalue weighted by Crippen LogP contribution is 2.28. The molecule has 1 amide bonds. The molecule has 1 aromatic carbocycles. The molecule has 0 saturated heterocycles. The molecule has 0 saturated carbocycles. The summed E-state index contributed by atoms with van der Waals surface area (Å²) in [6.45, 7) is -0.586. The molecule has 1 aromatic rings. The Morgan fingerprint density at radius 3 is 2.16 bits per heavy atom. The summed E-state index contributed by atoms with van der Waals surface area (Å²) in [6.07, 6.45) is -13.3. The van der Waals surface area contributed by atoms with Gasteiger partial charge >= 0.3 is 18.8 Å². The number of ether oxygens (including phenoxy) is 4. The first kappa shape index (κ1) is 20.8. The van der Waals surface area contributed by atoms with Crippen molar-refractivity contribution in [2.45, 2.75) is 19.0 Å². The smallest absolute Gasteiger partial charge is 0.406 e. The van der Waals surface area contributed by atoms with Crippen molar-refractivity contribution in [2.75, 3.05) is 25.7 Å². The average Bonchev–Trinajstić information content (AvgIpc) is 2.45. The van der Waals surface area contributed by atoms with Crippen LogP contribution in [0.15, 0.2) is 24.3 Å². The van der Waals surface area contributed by atoms with E-state index >= 15 is 0 Å². The number of nitrogens with zero attached hydrogens (tertiary/aromatic N) is 1. The van der Waals surface area contributed by atoms with Crippen LogP contribution < -0.4 is 9.64 Å². The Morgan fingerprint density at radius 1 is 1.08 bits per heavy atom. The van der Waals surface area contributed by atoms with Crippen LogP contribution in [0.5, 0.6) is 5.75 Å². The maximum absolute atomic E-state index is 12.3. The topological polar surface area (TPSA) is 57.2 Å². The van der Waals surface area contributed by atoms with Crippen LogP contribution in [-0.2, 0) is 14.2 Å². The number of halogens is 6. The van der Waals surface area contributed by atoms with Crippen LogP contribution in [0, 0.1) is 0 Å². The van der Waals surface area contributed by atoms with Gasteiger partial charge in [0.15, 0.2) is 6.29 Å². The molecule has 1 rings (SSSR count). The van der Waals surface area contributed by atoms with Gasteiger partial charge in [0.25, 0.3) is 0 Å². The Hall–Kier alpha value is -2.21. The van der Waals surface area contributed by atoms with Gasteiger partial charge in [-0.05, 0) is 12.1 Å². The van der Waals surface area contributed by atoms with Crippen molar-refractivity contribution < 1.29 is 50.1 Å². The number of hydrogen-bond donors (Lipinski definition) is 0. The van der Waals surface area contributed by atoms with Crippen LogP contribution in [0.2, 0.25) is 0 Å². The number of hydrogen-bond acceptors (Lipinski definition) is 5. The molecule has 0 aliphatic heterocycles. The molecule has 0 unspecified atom stereocenters. The molecule has 142 valence electrons. The first-order chi connectivity index (χ1) is 11.4. The van der Waals surface area contributed by atoms with Crippen LogP contribution in [-0.4, -0.2) is 45.9 Å². The molecule has 6 nitrogen and oxygen atoms in total. The normalized spacial score (nSPS) is 12.2. The number of alkyl halides is 6. The van der Waals surface area contributed by atoms with E-state index in [9.17, 15) is 31.1 Å². The molecule has 0 aliphatic carbocycles. The summed E-state index contributed by atoms with van der Waals surface area (Å²) in [5.41, 5.74) is -0.352. The highest BCUT2D eigenvalue weighted by atomic mass is 19.4. The molecule has 0 aliphatic rings. The second kappa shape index (κ2) is 8.25. The van der Waals surface area contributed by atoms with Crippen LogP contribution in [0.1, 0.15) is 0 Å². The van der Waals surface area contributed by atoms with Crippen LogP contribution in [0.3, 0.4) is 0 Å². The lowest BCUT2D eigenvalue weighted by molar-refractivity contribution is -0.290. The predicted octanol–water partition coefficient (Wildman–Crippen LogP) is 3.67. The molecule has 0 aromatic heterocycles. The van der Waals surface area contributed by atoms with Gasteiger partial charge in [0.1, 0.15) is 5.75 Å². The molecule has 0 bridgehead atoms. The third-order valence-corrected chi connectivity index (χ3v) is 2.64. The van der Waals surface area contributed by atoms with E-state index < -0.39 is 37.4 Å². The molecule has 0 radical (unpaired) electrons. The molecular weight excluding hydrogens is 364 g/mol. The maximum atomic E-state index is 12.3. The van der Waals surface area contributed by atoms with Crippen LogP contribution in [0.4, 0.5) is 36.8 Å². The fraction of sp³-hybridized carbons (Fsp3) is 0.462. The standard InChI is InChI=1S/C13H13F6NO5/c1-22-10(23-2)7-20(11(21)25-13(17,18)19)8-4-3-5-9(6-8)24-12(14,15)16/h3-6,10H,7H2,1-2H3. The summed E-state index contributed by atoms with van der Waals surface area (Å²) < 4.78 is 90.1. The van der Waals surface area contributed by atoms with E-state index in [1.165, 1.54) is 0 Å². The van der Waals surface area contributed by atoms with Crippen molar-refractivity contribution in [3.05, 3.63) is 24.3 Å². The summed E-state index contributed by atoms with van der Waals surface area (Å²) in [4.78, 5) is 12.1. The molecule has 0 N–H and O–H groups in total. The van der Waals surface area contributed by atoms with E-state index in [1.807, 2.05) is 0 Å². The Kier molecular flexibility index (Phi) is 6.87. The zero-order valence-corrected chi connectivity index (χ0v) is 12.9. The van der Waals surface area contributed by atoms with Gasteiger partial charge in [-0.15, -0.1) is 26.3 Å². The Morgan fingerprint density at radius 2 is 1.68 bits per heavy atom. The average molecular weight is 377 g/mol. The summed E-state index contributed by atoms with van der Waals surface area (Å²) in [6, 6.07) is 3.77. The van der Waals surface area contributed by atoms with E-state index in [0.717, 1.165) is 32.4 Å². The zero-order valence-electron chi connectivity index (χ0n) is 12.9. The largest absolute Gasteiger partial charge is 0.576 e. The second-order valence-corrected chi connectivity index (χ2v) is 4.37. The number of methoxy groups -OCH3 is 2.